The van der Waals surface area contributed by atoms with Crippen LogP contribution >= 0.6 is 11.6 Å². The van der Waals surface area contributed by atoms with Gasteiger partial charge in [0.15, 0.2) is 11.5 Å². The molecule has 0 spiro atoms. The van der Waals surface area contributed by atoms with Crippen molar-refractivity contribution in [3.8, 4) is 11.5 Å². The van der Waals surface area contributed by atoms with Crippen molar-refractivity contribution in [3.63, 3.8) is 0 Å². The van der Waals surface area contributed by atoms with Gasteiger partial charge in [0.25, 0.3) is 0 Å². The van der Waals surface area contributed by atoms with Crippen LogP contribution in [-0.4, -0.2) is 17.9 Å². The van der Waals surface area contributed by atoms with Crippen LogP contribution in [0, 0.1) is 6.92 Å². The monoisotopic (exact) mass is 243 g/mol. The van der Waals surface area contributed by atoms with Gasteiger partial charge in [-0.1, -0.05) is 11.6 Å². The highest BCUT2D eigenvalue weighted by atomic mass is 35.5. The van der Waals surface area contributed by atoms with Gasteiger partial charge in [0.05, 0.1) is 5.02 Å². The maximum Gasteiger partial charge on any atom is 0.325 e. The Balaban J connectivity index is 2.56. The number of carbonyl (C=O) groups is 1. The number of rotatable bonds is 2. The molecule has 1 aliphatic rings. The van der Waals surface area contributed by atoms with Gasteiger partial charge in [-0.2, -0.15) is 0 Å². The molecule has 1 aromatic carbocycles. The largest absolute Gasteiger partial charge is 0.480 e. The van der Waals surface area contributed by atoms with Crippen LogP contribution in [0.3, 0.4) is 0 Å². The van der Waals surface area contributed by atoms with Gasteiger partial charge in [-0.15, -0.1) is 0 Å². The normalized spacial score (nSPS) is 14.9. The molecule has 86 valence electrons. The highest BCUT2D eigenvalue weighted by Gasteiger charge is 2.26. The summed E-state index contributed by atoms with van der Waals surface area (Å²) in [7, 11) is 0. The van der Waals surface area contributed by atoms with Crippen molar-refractivity contribution in [1.29, 1.82) is 0 Å². The number of fused-ring (bicyclic) bond motifs is 1. The highest BCUT2D eigenvalue weighted by Crippen LogP contribution is 2.44. The molecule has 0 aromatic heterocycles. The molecule has 0 saturated carbocycles. The van der Waals surface area contributed by atoms with E-state index in [0.717, 1.165) is 0 Å². The summed E-state index contributed by atoms with van der Waals surface area (Å²) in [5.41, 5.74) is 6.62. The summed E-state index contributed by atoms with van der Waals surface area (Å²) < 4.78 is 10.4. The number of benzene rings is 1. The van der Waals surface area contributed by atoms with Gasteiger partial charge in [0.1, 0.15) is 6.04 Å². The molecule has 6 heteroatoms. The lowest BCUT2D eigenvalue weighted by Crippen LogP contribution is -2.21. The molecule has 1 aromatic rings. The van der Waals surface area contributed by atoms with Crippen LogP contribution in [0.4, 0.5) is 0 Å². The van der Waals surface area contributed by atoms with Crippen LogP contribution in [0.2, 0.25) is 5.02 Å². The fourth-order valence-corrected chi connectivity index (χ4v) is 1.89. The first-order valence-corrected chi connectivity index (χ1v) is 4.97. The third kappa shape index (κ3) is 1.58. The number of halogens is 1. The predicted octanol–water partition coefficient (Wildman–Crippen LogP) is 1.46. The minimum Gasteiger partial charge on any atom is -0.480 e. The van der Waals surface area contributed by atoms with Crippen molar-refractivity contribution < 1.29 is 19.4 Å². The summed E-state index contributed by atoms with van der Waals surface area (Å²) >= 11 is 5.94. The predicted molar refractivity (Wildman–Crippen MR) is 56.9 cm³/mol. The number of carboxylic acid groups (broad SMARTS) is 1. The molecule has 0 aliphatic carbocycles. The van der Waals surface area contributed by atoms with Crippen LogP contribution in [0.25, 0.3) is 0 Å². The van der Waals surface area contributed by atoms with Gasteiger partial charge in [0, 0.05) is 5.56 Å². The van der Waals surface area contributed by atoms with Crippen molar-refractivity contribution in [2.24, 2.45) is 5.73 Å². The Kier molecular flexibility index (Phi) is 2.65. The Morgan fingerprint density at radius 2 is 2.19 bits per heavy atom. The van der Waals surface area contributed by atoms with Crippen LogP contribution in [0.15, 0.2) is 6.07 Å². The van der Waals surface area contributed by atoms with Gasteiger partial charge in [-0.05, 0) is 18.6 Å². The van der Waals surface area contributed by atoms with Crippen molar-refractivity contribution in [2.75, 3.05) is 6.79 Å². The molecule has 2 rings (SSSR count). The van der Waals surface area contributed by atoms with Gasteiger partial charge in [0.2, 0.25) is 6.79 Å². The fraction of sp³-hybridized carbons (Fsp3) is 0.300. The lowest BCUT2D eigenvalue weighted by Gasteiger charge is -2.13. The molecule has 0 amide bonds. The second kappa shape index (κ2) is 3.84. The maximum absolute atomic E-state index is 10.8. The smallest absolute Gasteiger partial charge is 0.325 e. The first-order chi connectivity index (χ1) is 7.52. The molecule has 1 aliphatic heterocycles. The van der Waals surface area contributed by atoms with E-state index in [1.165, 1.54) is 6.07 Å². The SMILES string of the molecule is Cc1c(C(N)C(=O)O)cc(Cl)c2c1OCO2. The summed E-state index contributed by atoms with van der Waals surface area (Å²) in [6, 6.07) is 0.385. The zero-order chi connectivity index (χ0) is 11.9. The van der Waals surface area contributed by atoms with E-state index >= 15 is 0 Å². The molecule has 0 radical (unpaired) electrons. The molecule has 0 saturated heterocycles. The minimum atomic E-state index is -1.12. The summed E-state index contributed by atoms with van der Waals surface area (Å²) in [6.07, 6.45) is 0. The van der Waals surface area contributed by atoms with E-state index in [9.17, 15) is 4.79 Å². The number of hydrogen-bond donors (Lipinski definition) is 2. The average Bonchev–Trinajstić information content (AvgIpc) is 2.71. The van der Waals surface area contributed by atoms with Crippen LogP contribution in [-0.2, 0) is 4.79 Å². The van der Waals surface area contributed by atoms with Gasteiger partial charge in [-0.25, -0.2) is 0 Å². The minimum absolute atomic E-state index is 0.0850. The van der Waals surface area contributed by atoms with E-state index in [0.29, 0.717) is 27.6 Å². The Morgan fingerprint density at radius 1 is 1.56 bits per heavy atom. The van der Waals surface area contributed by atoms with Crippen LogP contribution < -0.4 is 15.2 Å². The Bertz CT molecular complexity index is 461. The topological polar surface area (TPSA) is 81.8 Å². The quantitative estimate of drug-likeness (QED) is 0.822. The Labute approximate surface area is 96.7 Å². The third-order valence-electron chi connectivity index (χ3n) is 2.49. The van der Waals surface area contributed by atoms with Gasteiger partial charge in [-0.3, -0.25) is 4.79 Å². The van der Waals surface area contributed by atoms with E-state index in [2.05, 4.69) is 0 Å². The lowest BCUT2D eigenvalue weighted by molar-refractivity contribution is -0.138. The molecule has 1 unspecified atom stereocenters. The first-order valence-electron chi connectivity index (χ1n) is 4.59. The van der Waals surface area contributed by atoms with E-state index in [1.54, 1.807) is 6.92 Å². The summed E-state index contributed by atoms with van der Waals surface area (Å²) in [4.78, 5) is 10.8. The van der Waals surface area contributed by atoms with Crippen molar-refractivity contribution in [3.05, 3.63) is 22.2 Å². The second-order valence-corrected chi connectivity index (χ2v) is 3.86. The zero-order valence-electron chi connectivity index (χ0n) is 8.49. The number of hydrogen-bond acceptors (Lipinski definition) is 4. The van der Waals surface area contributed by atoms with Crippen molar-refractivity contribution in [2.45, 2.75) is 13.0 Å². The van der Waals surface area contributed by atoms with Crippen LogP contribution in [0.5, 0.6) is 11.5 Å². The Morgan fingerprint density at radius 3 is 2.81 bits per heavy atom. The second-order valence-electron chi connectivity index (χ2n) is 3.45. The lowest BCUT2D eigenvalue weighted by atomic mass is 10.0. The van der Waals surface area contributed by atoms with Gasteiger partial charge < -0.3 is 20.3 Å². The number of aliphatic carboxylic acids is 1. The van der Waals surface area contributed by atoms with E-state index in [1.807, 2.05) is 0 Å². The van der Waals surface area contributed by atoms with E-state index in [4.69, 9.17) is 31.9 Å². The summed E-state index contributed by atoms with van der Waals surface area (Å²) in [5.74, 6) is -0.197. The average molecular weight is 244 g/mol. The van der Waals surface area contributed by atoms with E-state index < -0.39 is 12.0 Å². The molecule has 0 bridgehead atoms. The first kappa shape index (κ1) is 11.0. The summed E-state index contributed by atoms with van der Waals surface area (Å²) in [5, 5.41) is 9.17. The molecule has 16 heavy (non-hydrogen) atoms. The standard InChI is InChI=1S/C10H10ClNO4/c1-4-5(7(12)10(13)14)2-6(11)9-8(4)15-3-16-9/h2,7H,3,12H2,1H3,(H,13,14). The third-order valence-corrected chi connectivity index (χ3v) is 2.77. The number of nitrogens with two attached hydrogens (primary N) is 1. The molecular weight excluding hydrogens is 234 g/mol. The molecule has 5 nitrogen and oxygen atoms in total. The number of carboxylic acids is 1. The molecular formula is C10H10ClNO4. The molecule has 0 fully saturated rings. The highest BCUT2D eigenvalue weighted by molar-refractivity contribution is 6.32. The molecule has 1 heterocycles. The van der Waals surface area contributed by atoms with E-state index in [-0.39, 0.29) is 6.79 Å². The summed E-state index contributed by atoms with van der Waals surface area (Å²) in [6.45, 7) is 1.81. The zero-order valence-corrected chi connectivity index (χ0v) is 9.25. The van der Waals surface area contributed by atoms with Crippen LogP contribution in [0.1, 0.15) is 17.2 Å². The van der Waals surface area contributed by atoms with Crippen molar-refractivity contribution >= 4 is 17.6 Å². The fourth-order valence-electron chi connectivity index (χ4n) is 1.63. The Hall–Kier alpha value is -1.46. The number of ether oxygens (including phenoxy) is 2. The maximum atomic E-state index is 10.8. The van der Waals surface area contributed by atoms with Crippen molar-refractivity contribution in [1.82, 2.24) is 0 Å². The van der Waals surface area contributed by atoms with Gasteiger partial charge >= 0.3 is 5.97 Å². The molecule has 3 N–H and O–H groups in total. The molecule has 1 atom stereocenters.